The molecular weight excluding hydrogens is 397 g/mol. The number of fused-ring (bicyclic) bond motifs is 1. The molecule has 0 fully saturated rings. The maximum Gasteiger partial charge on any atom is 0.267 e. The first-order valence-corrected chi connectivity index (χ1v) is 8.17. The van der Waals surface area contributed by atoms with Crippen LogP contribution in [0.4, 0.5) is 11.4 Å². The first-order chi connectivity index (χ1) is 10.1. The number of rotatable bonds is 2. The van der Waals surface area contributed by atoms with Crippen LogP contribution in [0.25, 0.3) is 10.2 Å². The molecule has 0 saturated heterocycles. The molecule has 106 valence electrons. The van der Waals surface area contributed by atoms with Gasteiger partial charge in [0.05, 0.1) is 11.4 Å². The van der Waals surface area contributed by atoms with Gasteiger partial charge in [0.1, 0.15) is 9.71 Å². The molecule has 0 aliphatic carbocycles. The Balaban J connectivity index is 2.01. The van der Waals surface area contributed by atoms with Gasteiger partial charge in [-0.2, -0.15) is 0 Å². The van der Waals surface area contributed by atoms with Crippen molar-refractivity contribution in [3.05, 3.63) is 50.5 Å². The molecule has 3 aromatic rings. The Morgan fingerprint density at radius 3 is 2.81 bits per heavy atom. The first kappa shape index (κ1) is 14.3. The van der Waals surface area contributed by atoms with Crippen LogP contribution in [-0.2, 0) is 0 Å². The van der Waals surface area contributed by atoms with E-state index >= 15 is 0 Å². The highest BCUT2D eigenvalue weighted by Crippen LogP contribution is 2.34. The van der Waals surface area contributed by atoms with Gasteiger partial charge in [-0.25, -0.2) is 4.98 Å². The molecule has 1 aromatic carbocycles. The van der Waals surface area contributed by atoms with Crippen molar-refractivity contribution < 1.29 is 4.79 Å². The number of carbonyl (C=O) groups is 1. The van der Waals surface area contributed by atoms with E-state index in [0.717, 1.165) is 25.0 Å². The summed E-state index contributed by atoms with van der Waals surface area (Å²) in [5.74, 6) is -0.195. The average Bonchev–Trinajstić information content (AvgIpc) is 2.80. The fraction of sp³-hybridized carbons (Fsp3) is 0.0667. The SMILES string of the molecule is Cc1ccnc2sc(C(=O)Nc3ccccc3I)c(N)c12. The zero-order chi connectivity index (χ0) is 15.0. The lowest BCUT2D eigenvalue weighted by Crippen LogP contribution is -2.12. The summed E-state index contributed by atoms with van der Waals surface area (Å²) in [4.78, 5) is 18.0. The number of hydrogen-bond donors (Lipinski definition) is 2. The monoisotopic (exact) mass is 409 g/mol. The summed E-state index contributed by atoms with van der Waals surface area (Å²) in [7, 11) is 0. The number of benzene rings is 1. The number of nitrogens with two attached hydrogens (primary N) is 1. The molecule has 0 atom stereocenters. The highest BCUT2D eigenvalue weighted by atomic mass is 127. The van der Waals surface area contributed by atoms with Gasteiger partial charge in [0.2, 0.25) is 0 Å². The van der Waals surface area contributed by atoms with Crippen LogP contribution < -0.4 is 11.1 Å². The van der Waals surface area contributed by atoms with Crippen LogP contribution in [0.5, 0.6) is 0 Å². The first-order valence-electron chi connectivity index (χ1n) is 6.27. The standard InChI is InChI=1S/C15H12IN3OS/c1-8-6-7-18-15-11(8)12(17)13(21-15)14(20)19-10-5-3-2-4-9(10)16/h2-7H,17H2,1H3,(H,19,20). The molecule has 0 bridgehead atoms. The quantitative estimate of drug-likeness (QED) is 0.628. The number of nitrogen functional groups attached to an aromatic ring is 1. The third kappa shape index (κ3) is 2.60. The number of nitrogens with one attached hydrogen (secondary N) is 1. The fourth-order valence-corrected chi connectivity index (χ4v) is 3.67. The van der Waals surface area contributed by atoms with E-state index in [9.17, 15) is 4.79 Å². The van der Waals surface area contributed by atoms with Gasteiger partial charge in [0.15, 0.2) is 0 Å². The fourth-order valence-electron chi connectivity index (χ4n) is 2.11. The van der Waals surface area contributed by atoms with E-state index < -0.39 is 0 Å². The Bertz CT molecular complexity index is 844. The summed E-state index contributed by atoms with van der Waals surface area (Å²) in [6, 6.07) is 9.52. The average molecular weight is 409 g/mol. The van der Waals surface area contributed by atoms with Crippen molar-refractivity contribution in [2.24, 2.45) is 0 Å². The van der Waals surface area contributed by atoms with E-state index in [4.69, 9.17) is 5.73 Å². The highest BCUT2D eigenvalue weighted by Gasteiger charge is 2.18. The third-order valence-electron chi connectivity index (χ3n) is 3.17. The molecule has 4 nitrogen and oxygen atoms in total. The molecule has 0 unspecified atom stereocenters. The molecule has 21 heavy (non-hydrogen) atoms. The lowest BCUT2D eigenvalue weighted by atomic mass is 10.1. The number of aromatic nitrogens is 1. The van der Waals surface area contributed by atoms with Gasteiger partial charge in [-0.05, 0) is 53.3 Å². The van der Waals surface area contributed by atoms with Crippen molar-refractivity contribution in [2.45, 2.75) is 6.92 Å². The van der Waals surface area contributed by atoms with Gasteiger partial charge in [0, 0.05) is 15.2 Å². The van der Waals surface area contributed by atoms with Crippen LogP contribution in [0.1, 0.15) is 15.2 Å². The molecule has 0 aliphatic rings. The molecule has 2 heterocycles. The van der Waals surface area contributed by atoms with Gasteiger partial charge in [0.25, 0.3) is 5.91 Å². The van der Waals surface area contributed by atoms with Crippen molar-refractivity contribution in [1.29, 1.82) is 0 Å². The predicted octanol–water partition coefficient (Wildman–Crippen LogP) is 4.04. The Morgan fingerprint density at radius 1 is 1.33 bits per heavy atom. The Morgan fingerprint density at radius 2 is 2.10 bits per heavy atom. The summed E-state index contributed by atoms with van der Waals surface area (Å²) in [5.41, 5.74) is 8.46. The second kappa shape index (κ2) is 5.61. The lowest BCUT2D eigenvalue weighted by molar-refractivity contribution is 0.103. The second-order valence-electron chi connectivity index (χ2n) is 4.59. The minimum Gasteiger partial charge on any atom is -0.397 e. The number of thiophene rings is 1. The van der Waals surface area contributed by atoms with Crippen molar-refractivity contribution in [1.82, 2.24) is 4.98 Å². The van der Waals surface area contributed by atoms with Gasteiger partial charge >= 0.3 is 0 Å². The van der Waals surface area contributed by atoms with E-state index in [0.29, 0.717) is 10.6 Å². The molecule has 0 radical (unpaired) electrons. The van der Waals surface area contributed by atoms with Gasteiger partial charge in [-0.1, -0.05) is 12.1 Å². The minimum atomic E-state index is -0.195. The number of para-hydroxylation sites is 1. The highest BCUT2D eigenvalue weighted by molar-refractivity contribution is 14.1. The Hall–Kier alpha value is -1.67. The molecule has 0 saturated carbocycles. The van der Waals surface area contributed by atoms with Gasteiger partial charge < -0.3 is 11.1 Å². The zero-order valence-electron chi connectivity index (χ0n) is 11.2. The molecule has 3 N–H and O–H groups in total. The number of halogens is 1. The molecule has 3 rings (SSSR count). The van der Waals surface area contributed by atoms with Crippen molar-refractivity contribution in [2.75, 3.05) is 11.1 Å². The number of nitrogens with zero attached hydrogens (tertiary/aromatic N) is 1. The summed E-state index contributed by atoms with van der Waals surface area (Å²) >= 11 is 3.51. The van der Waals surface area contributed by atoms with E-state index in [1.807, 2.05) is 37.3 Å². The number of aryl methyl sites for hydroxylation is 1. The van der Waals surface area contributed by atoms with Crippen LogP contribution in [0.3, 0.4) is 0 Å². The van der Waals surface area contributed by atoms with Gasteiger partial charge in [-0.3, -0.25) is 4.79 Å². The number of anilines is 2. The van der Waals surface area contributed by atoms with E-state index in [1.165, 1.54) is 11.3 Å². The van der Waals surface area contributed by atoms with Crippen LogP contribution in [-0.4, -0.2) is 10.9 Å². The molecule has 6 heteroatoms. The number of amides is 1. The van der Waals surface area contributed by atoms with E-state index in [1.54, 1.807) is 6.20 Å². The molecule has 1 amide bonds. The van der Waals surface area contributed by atoms with E-state index in [2.05, 4.69) is 32.9 Å². The minimum absolute atomic E-state index is 0.195. The number of hydrogen-bond acceptors (Lipinski definition) is 4. The Kier molecular flexibility index (Phi) is 3.81. The molecule has 0 aliphatic heterocycles. The predicted molar refractivity (Wildman–Crippen MR) is 95.9 cm³/mol. The number of carbonyl (C=O) groups excluding carboxylic acids is 1. The van der Waals surface area contributed by atoms with Crippen molar-refractivity contribution in [3.8, 4) is 0 Å². The van der Waals surface area contributed by atoms with E-state index in [-0.39, 0.29) is 5.91 Å². The molecule has 2 aromatic heterocycles. The second-order valence-corrected chi connectivity index (χ2v) is 6.75. The Labute approximate surface area is 139 Å². The molecule has 0 spiro atoms. The van der Waals surface area contributed by atoms with Crippen LogP contribution in [0, 0.1) is 10.5 Å². The summed E-state index contributed by atoms with van der Waals surface area (Å²) in [6.07, 6.45) is 1.73. The topological polar surface area (TPSA) is 68.0 Å². The smallest absolute Gasteiger partial charge is 0.267 e. The summed E-state index contributed by atoms with van der Waals surface area (Å²) < 4.78 is 0.984. The summed E-state index contributed by atoms with van der Waals surface area (Å²) in [5, 5.41) is 3.77. The van der Waals surface area contributed by atoms with Crippen LogP contribution in [0.2, 0.25) is 0 Å². The summed E-state index contributed by atoms with van der Waals surface area (Å²) in [6.45, 7) is 1.97. The van der Waals surface area contributed by atoms with Crippen LogP contribution in [0.15, 0.2) is 36.5 Å². The maximum atomic E-state index is 12.5. The molecular formula is C15H12IN3OS. The van der Waals surface area contributed by atoms with Crippen LogP contribution >= 0.6 is 33.9 Å². The number of pyridine rings is 1. The van der Waals surface area contributed by atoms with Crippen molar-refractivity contribution >= 4 is 61.4 Å². The normalized spacial score (nSPS) is 10.8. The van der Waals surface area contributed by atoms with Crippen molar-refractivity contribution in [3.63, 3.8) is 0 Å². The third-order valence-corrected chi connectivity index (χ3v) is 5.22. The lowest BCUT2D eigenvalue weighted by Gasteiger charge is -2.06. The zero-order valence-corrected chi connectivity index (χ0v) is 14.2. The van der Waals surface area contributed by atoms with Gasteiger partial charge in [-0.15, -0.1) is 11.3 Å². The maximum absolute atomic E-state index is 12.5. The largest absolute Gasteiger partial charge is 0.397 e.